The van der Waals surface area contributed by atoms with Crippen molar-refractivity contribution in [1.82, 2.24) is 0 Å². The van der Waals surface area contributed by atoms with E-state index in [1.807, 2.05) is 0 Å². The Bertz CT molecular complexity index is 42.6. The van der Waals surface area contributed by atoms with Gasteiger partial charge in [0.2, 0.25) is 0 Å². The zero-order valence-corrected chi connectivity index (χ0v) is 4.78. The van der Waals surface area contributed by atoms with Crippen molar-refractivity contribution < 1.29 is 5.11 Å². The molecule has 0 spiro atoms. The van der Waals surface area contributed by atoms with Gasteiger partial charge in [-0.1, -0.05) is 13.3 Å². The summed E-state index contributed by atoms with van der Waals surface area (Å²) in [6, 6.07) is 0. The van der Waals surface area contributed by atoms with Crippen LogP contribution in [0.1, 0.15) is 19.8 Å². The first-order chi connectivity index (χ1) is 3.06. The van der Waals surface area contributed by atoms with Crippen molar-refractivity contribution in [3.05, 3.63) is 13.8 Å². The van der Waals surface area contributed by atoms with E-state index in [0.717, 1.165) is 6.42 Å². The molecule has 0 aromatic rings. The minimum absolute atomic E-state index is 0.674. The molecule has 0 rings (SSSR count). The summed E-state index contributed by atoms with van der Waals surface area (Å²) in [6.07, 6.45) is 1.42. The van der Waals surface area contributed by atoms with Gasteiger partial charge in [-0.2, -0.15) is 0 Å². The highest BCUT2D eigenvalue weighted by Gasteiger charge is 2.08. The molecule has 1 N–H and O–H groups in total. The molecule has 42 valence electrons. The van der Waals surface area contributed by atoms with Gasteiger partial charge in [0.25, 0.3) is 0 Å². The molecule has 0 aliphatic heterocycles. The molecular formula is C6H12O. The second-order valence-electron chi connectivity index (χ2n) is 2.10. The number of rotatable bonds is 2. The zero-order chi connectivity index (χ0) is 5.91. The first kappa shape index (κ1) is 6.96. The van der Waals surface area contributed by atoms with E-state index in [2.05, 4.69) is 13.8 Å². The lowest BCUT2D eigenvalue weighted by Gasteiger charge is -2.13. The van der Waals surface area contributed by atoms with Crippen molar-refractivity contribution in [3.63, 3.8) is 0 Å². The van der Waals surface area contributed by atoms with Gasteiger partial charge < -0.3 is 5.11 Å². The molecule has 0 aromatic carbocycles. The third-order valence-electron chi connectivity index (χ3n) is 0.715. The summed E-state index contributed by atoms with van der Waals surface area (Å²) in [5.74, 6) is 0. The molecule has 0 heterocycles. The average molecular weight is 100 g/mol. The van der Waals surface area contributed by atoms with Gasteiger partial charge in [-0.25, -0.2) is 0 Å². The highest BCUT2D eigenvalue weighted by molar-refractivity contribution is 4.74. The fourth-order valence-electron chi connectivity index (χ4n) is 0.381. The summed E-state index contributed by atoms with van der Waals surface area (Å²) in [7, 11) is 0. The lowest BCUT2D eigenvalue weighted by molar-refractivity contribution is 0.0998. The van der Waals surface area contributed by atoms with Crippen molar-refractivity contribution in [1.29, 1.82) is 0 Å². The second kappa shape index (κ2) is 2.31. The molecule has 0 aromatic heterocycles. The predicted molar refractivity (Wildman–Crippen MR) is 30.6 cm³/mol. The van der Waals surface area contributed by atoms with Gasteiger partial charge in [0.05, 0.1) is 5.60 Å². The van der Waals surface area contributed by atoms with E-state index >= 15 is 0 Å². The molecule has 1 atom stereocenters. The molecule has 0 amide bonds. The van der Waals surface area contributed by atoms with Gasteiger partial charge in [-0.15, -0.1) is 0 Å². The summed E-state index contributed by atoms with van der Waals surface area (Å²) in [6.45, 7) is 8.73. The number of hydrogen-bond acceptors (Lipinski definition) is 1. The summed E-state index contributed by atoms with van der Waals surface area (Å²) in [4.78, 5) is 0. The Hall–Kier alpha value is -0.0400. The molecule has 0 saturated carbocycles. The number of hydrogen-bond donors (Lipinski definition) is 1. The normalized spacial score (nSPS) is 12.0. The third kappa shape index (κ3) is 5.96. The maximum Gasteiger partial charge on any atom is 0.0620 e. The van der Waals surface area contributed by atoms with Gasteiger partial charge in [-0.3, -0.25) is 0 Å². The molecular weight excluding hydrogens is 88.1 g/mol. The molecule has 1 unspecified atom stereocenters. The summed E-state index contributed by atoms with van der Waals surface area (Å²) in [5, 5.41) is 8.87. The van der Waals surface area contributed by atoms with Gasteiger partial charge >= 0.3 is 0 Å². The molecule has 2 radical (unpaired) electrons. The van der Waals surface area contributed by atoms with Crippen LogP contribution < -0.4 is 0 Å². The third-order valence-corrected chi connectivity index (χ3v) is 0.715. The zero-order valence-electron chi connectivity index (χ0n) is 4.78. The Morgan fingerprint density at radius 1 is 1.71 bits per heavy atom. The molecule has 1 nitrogen and oxygen atoms in total. The van der Waals surface area contributed by atoms with Crippen LogP contribution in [0.4, 0.5) is 0 Å². The van der Waals surface area contributed by atoms with E-state index in [1.54, 1.807) is 6.92 Å². The number of aliphatic hydroxyl groups is 1. The van der Waals surface area contributed by atoms with Crippen LogP contribution >= 0.6 is 0 Å². The Balaban J connectivity index is 3.15. The average Bonchev–Trinajstić information content (AvgIpc) is 1.30. The van der Waals surface area contributed by atoms with E-state index in [1.165, 1.54) is 0 Å². The van der Waals surface area contributed by atoms with Gasteiger partial charge in [-0.05, 0) is 20.3 Å². The summed E-state index contributed by atoms with van der Waals surface area (Å²) in [5.41, 5.74) is -0.762. The van der Waals surface area contributed by atoms with E-state index in [9.17, 15) is 0 Å². The van der Waals surface area contributed by atoms with Crippen LogP contribution in [0, 0.1) is 13.8 Å². The van der Waals surface area contributed by atoms with Crippen LogP contribution in [0.25, 0.3) is 0 Å². The SMILES string of the molecule is [CH2]CCC([CH2])(C)O. The Labute approximate surface area is 45.4 Å². The Kier molecular flexibility index (Phi) is 2.30. The highest BCUT2D eigenvalue weighted by atomic mass is 16.3. The molecule has 0 aliphatic rings. The van der Waals surface area contributed by atoms with E-state index in [-0.39, 0.29) is 0 Å². The predicted octanol–water partition coefficient (Wildman–Crippen LogP) is 1.19. The fourth-order valence-corrected chi connectivity index (χ4v) is 0.381. The minimum atomic E-state index is -0.762. The van der Waals surface area contributed by atoms with Crippen LogP contribution in [0.5, 0.6) is 0 Å². The van der Waals surface area contributed by atoms with Crippen LogP contribution in [0.2, 0.25) is 0 Å². The molecule has 1 heteroatoms. The van der Waals surface area contributed by atoms with E-state index in [0.29, 0.717) is 6.42 Å². The maximum absolute atomic E-state index is 8.87. The van der Waals surface area contributed by atoms with Crippen molar-refractivity contribution in [2.24, 2.45) is 0 Å². The largest absolute Gasteiger partial charge is 0.390 e. The van der Waals surface area contributed by atoms with Crippen molar-refractivity contribution in [2.45, 2.75) is 25.4 Å². The van der Waals surface area contributed by atoms with Gasteiger partial charge in [0, 0.05) is 0 Å². The first-order valence-electron chi connectivity index (χ1n) is 2.43. The summed E-state index contributed by atoms with van der Waals surface area (Å²) >= 11 is 0. The van der Waals surface area contributed by atoms with Crippen molar-refractivity contribution in [2.75, 3.05) is 0 Å². The van der Waals surface area contributed by atoms with Crippen LogP contribution in [-0.4, -0.2) is 10.7 Å². The fraction of sp³-hybridized carbons (Fsp3) is 0.667. The monoisotopic (exact) mass is 100 g/mol. The molecule has 0 saturated heterocycles. The quantitative estimate of drug-likeness (QED) is 0.552. The Morgan fingerprint density at radius 3 is 2.14 bits per heavy atom. The maximum atomic E-state index is 8.87. The first-order valence-corrected chi connectivity index (χ1v) is 2.43. The van der Waals surface area contributed by atoms with E-state index in [4.69, 9.17) is 5.11 Å². The molecule has 7 heavy (non-hydrogen) atoms. The van der Waals surface area contributed by atoms with Crippen LogP contribution in [0.15, 0.2) is 0 Å². The lowest BCUT2D eigenvalue weighted by atomic mass is 10.0. The van der Waals surface area contributed by atoms with E-state index < -0.39 is 5.60 Å². The van der Waals surface area contributed by atoms with Gasteiger partial charge in [0.15, 0.2) is 0 Å². The lowest BCUT2D eigenvalue weighted by Crippen LogP contribution is -2.17. The minimum Gasteiger partial charge on any atom is -0.390 e. The smallest absolute Gasteiger partial charge is 0.0620 e. The van der Waals surface area contributed by atoms with Crippen LogP contribution in [-0.2, 0) is 0 Å². The molecule has 0 aliphatic carbocycles. The topological polar surface area (TPSA) is 20.2 Å². The van der Waals surface area contributed by atoms with Crippen molar-refractivity contribution >= 4 is 0 Å². The van der Waals surface area contributed by atoms with Crippen LogP contribution in [0.3, 0.4) is 0 Å². The van der Waals surface area contributed by atoms with Gasteiger partial charge in [0.1, 0.15) is 0 Å². The second-order valence-corrected chi connectivity index (χ2v) is 2.10. The molecule has 0 fully saturated rings. The standard InChI is InChI=1S/C6H12O/c1-4-5-6(2,3)7/h7H,1-2,4-5H2,3H3. The Morgan fingerprint density at radius 2 is 2.14 bits per heavy atom. The summed E-state index contributed by atoms with van der Waals surface area (Å²) < 4.78 is 0. The highest BCUT2D eigenvalue weighted by Crippen LogP contribution is 2.07. The van der Waals surface area contributed by atoms with Crippen molar-refractivity contribution in [3.8, 4) is 0 Å². The molecule has 0 bridgehead atoms.